The van der Waals surface area contributed by atoms with Crippen LogP contribution in [-0.2, 0) is 0 Å². The summed E-state index contributed by atoms with van der Waals surface area (Å²) in [5.74, 6) is 2.12. The van der Waals surface area contributed by atoms with Crippen LogP contribution >= 0.6 is 11.6 Å². The van der Waals surface area contributed by atoms with Gasteiger partial charge < -0.3 is 15.4 Å². The summed E-state index contributed by atoms with van der Waals surface area (Å²) >= 11 is 5.93. The molecule has 0 unspecified atom stereocenters. The zero-order valence-electron chi connectivity index (χ0n) is 13.7. The summed E-state index contributed by atoms with van der Waals surface area (Å²) in [7, 11) is 0. The molecule has 5 rings (SSSR count). The lowest BCUT2D eigenvalue weighted by Gasteiger charge is -2.56. The lowest BCUT2D eigenvalue weighted by atomic mass is 9.53. The number of urea groups is 1. The molecular weight excluding hydrogens is 350 g/mol. The van der Waals surface area contributed by atoms with E-state index in [1.165, 1.54) is 37.5 Å². The van der Waals surface area contributed by atoms with Gasteiger partial charge in [0.05, 0.1) is 5.02 Å². The molecule has 4 nitrogen and oxygen atoms in total. The van der Waals surface area contributed by atoms with Gasteiger partial charge in [0, 0.05) is 11.2 Å². The van der Waals surface area contributed by atoms with Crippen molar-refractivity contribution in [3.05, 3.63) is 23.2 Å². The number of carbonyl (C=O) groups is 1. The van der Waals surface area contributed by atoms with Crippen molar-refractivity contribution in [3.63, 3.8) is 0 Å². The Morgan fingerprint density at radius 1 is 1.16 bits per heavy atom. The molecule has 2 amide bonds. The maximum Gasteiger partial charge on any atom is 0.387 e. The second kappa shape index (κ2) is 6.31. The highest BCUT2D eigenvalue weighted by Gasteiger charge is 2.51. The molecule has 0 saturated heterocycles. The Morgan fingerprint density at radius 3 is 2.28 bits per heavy atom. The summed E-state index contributed by atoms with van der Waals surface area (Å²) in [5, 5.41) is 5.99. The van der Waals surface area contributed by atoms with E-state index in [1.807, 2.05) is 0 Å². The van der Waals surface area contributed by atoms with Crippen LogP contribution in [0.2, 0.25) is 5.02 Å². The maximum atomic E-state index is 12.5. The van der Waals surface area contributed by atoms with Crippen molar-refractivity contribution in [2.24, 2.45) is 17.8 Å². The van der Waals surface area contributed by atoms with Crippen molar-refractivity contribution in [2.75, 3.05) is 5.32 Å². The Kier molecular flexibility index (Phi) is 4.26. The van der Waals surface area contributed by atoms with E-state index >= 15 is 0 Å². The molecular formula is C18H21ClF2N2O2. The van der Waals surface area contributed by atoms with Crippen molar-refractivity contribution in [1.82, 2.24) is 5.32 Å². The van der Waals surface area contributed by atoms with Crippen LogP contribution in [0.25, 0.3) is 0 Å². The van der Waals surface area contributed by atoms with Gasteiger partial charge in [-0.05, 0) is 74.5 Å². The van der Waals surface area contributed by atoms with Crippen LogP contribution in [0, 0.1) is 17.8 Å². The van der Waals surface area contributed by atoms with Crippen molar-refractivity contribution < 1.29 is 18.3 Å². The smallest absolute Gasteiger partial charge is 0.387 e. The third-order valence-corrected chi connectivity index (χ3v) is 6.12. The van der Waals surface area contributed by atoms with Crippen LogP contribution in [0.5, 0.6) is 5.75 Å². The number of hydrogen-bond acceptors (Lipinski definition) is 2. The molecule has 0 heterocycles. The lowest BCUT2D eigenvalue weighted by molar-refractivity contribution is -0.0497. The normalized spacial score (nSPS) is 32.7. The zero-order valence-corrected chi connectivity index (χ0v) is 14.5. The summed E-state index contributed by atoms with van der Waals surface area (Å²) < 4.78 is 28.8. The molecule has 1 aromatic rings. The van der Waals surface area contributed by atoms with E-state index < -0.39 is 6.61 Å². The summed E-state index contributed by atoms with van der Waals surface area (Å²) in [6, 6.07) is 3.98. The maximum absolute atomic E-state index is 12.5. The number of alkyl halides is 2. The molecule has 1 aromatic carbocycles. The first-order chi connectivity index (χ1) is 11.9. The Labute approximate surface area is 150 Å². The minimum atomic E-state index is -2.93. The van der Waals surface area contributed by atoms with Crippen LogP contribution in [0.4, 0.5) is 19.3 Å². The SMILES string of the molecule is O=C(Nc1ccc(OC(F)F)c(Cl)c1)NC12CC3CC(CC(C3)C1)C2. The number of hydrogen-bond donors (Lipinski definition) is 2. The monoisotopic (exact) mass is 370 g/mol. The van der Waals surface area contributed by atoms with Gasteiger partial charge >= 0.3 is 12.6 Å². The second-order valence-electron chi connectivity index (χ2n) is 7.80. The van der Waals surface area contributed by atoms with Crippen molar-refractivity contribution in [2.45, 2.75) is 50.7 Å². The number of nitrogens with one attached hydrogen (secondary N) is 2. The number of anilines is 1. The number of ether oxygens (including phenoxy) is 1. The Hall–Kier alpha value is -1.56. The lowest BCUT2D eigenvalue weighted by Crippen LogP contribution is -2.60. The first kappa shape index (κ1) is 16.9. The molecule has 136 valence electrons. The zero-order chi connectivity index (χ0) is 17.6. The molecule has 0 aliphatic heterocycles. The van der Waals surface area contributed by atoms with E-state index in [1.54, 1.807) is 0 Å². The van der Waals surface area contributed by atoms with Gasteiger partial charge in [-0.15, -0.1) is 0 Å². The number of halogens is 3. The second-order valence-corrected chi connectivity index (χ2v) is 8.21. The van der Waals surface area contributed by atoms with Crippen LogP contribution in [0.1, 0.15) is 38.5 Å². The van der Waals surface area contributed by atoms with Crippen LogP contribution in [0.3, 0.4) is 0 Å². The summed E-state index contributed by atoms with van der Waals surface area (Å²) in [6.45, 7) is -2.93. The predicted octanol–water partition coefficient (Wildman–Crippen LogP) is 5.03. The highest BCUT2D eigenvalue weighted by molar-refractivity contribution is 6.32. The van der Waals surface area contributed by atoms with Crippen molar-refractivity contribution >= 4 is 23.3 Å². The highest BCUT2D eigenvalue weighted by atomic mass is 35.5. The van der Waals surface area contributed by atoms with Gasteiger partial charge in [0.25, 0.3) is 0 Å². The topological polar surface area (TPSA) is 50.4 Å². The van der Waals surface area contributed by atoms with Crippen LogP contribution in [-0.4, -0.2) is 18.2 Å². The fraction of sp³-hybridized carbons (Fsp3) is 0.611. The molecule has 25 heavy (non-hydrogen) atoms. The number of benzene rings is 1. The van der Waals surface area contributed by atoms with Gasteiger partial charge in [-0.3, -0.25) is 0 Å². The number of amides is 2. The number of carbonyl (C=O) groups excluding carboxylic acids is 1. The van der Waals surface area contributed by atoms with Gasteiger partial charge in [0.15, 0.2) is 0 Å². The molecule has 0 radical (unpaired) electrons. The van der Waals surface area contributed by atoms with E-state index in [2.05, 4.69) is 15.4 Å². The van der Waals surface area contributed by atoms with E-state index in [0.717, 1.165) is 37.0 Å². The highest BCUT2D eigenvalue weighted by Crippen LogP contribution is 2.55. The average molecular weight is 371 g/mol. The fourth-order valence-corrected chi connectivity index (χ4v) is 5.66. The molecule has 4 saturated carbocycles. The quantitative estimate of drug-likeness (QED) is 0.780. The molecule has 4 aliphatic rings. The molecule has 0 atom stereocenters. The summed E-state index contributed by atoms with van der Waals surface area (Å²) in [4.78, 5) is 12.5. The average Bonchev–Trinajstić information content (AvgIpc) is 2.47. The van der Waals surface area contributed by atoms with Gasteiger partial charge in [0.2, 0.25) is 0 Å². The summed E-state index contributed by atoms with van der Waals surface area (Å²) in [5.41, 5.74) is 0.371. The largest absolute Gasteiger partial charge is 0.433 e. The van der Waals surface area contributed by atoms with Gasteiger partial charge in [-0.2, -0.15) is 8.78 Å². The van der Waals surface area contributed by atoms with Crippen molar-refractivity contribution in [1.29, 1.82) is 0 Å². The molecule has 4 bridgehead atoms. The van der Waals surface area contributed by atoms with Gasteiger partial charge in [-0.25, -0.2) is 4.79 Å². The van der Waals surface area contributed by atoms with E-state index in [9.17, 15) is 13.6 Å². The standard InChI is InChI=1S/C18H21ClF2N2O2/c19-14-6-13(1-2-15(14)25-16(20)21)22-17(24)23-18-7-10-3-11(8-18)5-12(4-10)9-18/h1-2,6,10-12,16H,3-5,7-9H2,(H2,22,23,24). The third-order valence-electron chi connectivity index (χ3n) is 5.82. The minimum absolute atomic E-state index is 0.0351. The molecule has 4 aliphatic carbocycles. The Balaban J connectivity index is 1.40. The first-order valence-electron chi connectivity index (χ1n) is 8.74. The third kappa shape index (κ3) is 3.54. The van der Waals surface area contributed by atoms with Crippen molar-refractivity contribution in [3.8, 4) is 5.75 Å². The predicted molar refractivity (Wildman–Crippen MR) is 91.1 cm³/mol. The number of rotatable bonds is 4. The van der Waals surface area contributed by atoms with Gasteiger partial charge in [0.1, 0.15) is 5.75 Å². The van der Waals surface area contributed by atoms with Crippen LogP contribution < -0.4 is 15.4 Å². The molecule has 2 N–H and O–H groups in total. The molecule has 0 aromatic heterocycles. The summed E-state index contributed by atoms with van der Waals surface area (Å²) in [6.07, 6.45) is 7.12. The Bertz CT molecular complexity index is 648. The molecule has 4 fully saturated rings. The van der Waals surface area contributed by atoms with E-state index in [0.29, 0.717) is 5.69 Å². The van der Waals surface area contributed by atoms with Gasteiger partial charge in [-0.1, -0.05) is 11.6 Å². The molecule has 7 heteroatoms. The Morgan fingerprint density at radius 2 is 1.76 bits per heavy atom. The fourth-order valence-electron chi connectivity index (χ4n) is 5.44. The molecule has 0 spiro atoms. The van der Waals surface area contributed by atoms with E-state index in [-0.39, 0.29) is 22.3 Å². The van der Waals surface area contributed by atoms with E-state index in [4.69, 9.17) is 11.6 Å². The first-order valence-corrected chi connectivity index (χ1v) is 9.12. The van der Waals surface area contributed by atoms with Crippen LogP contribution in [0.15, 0.2) is 18.2 Å². The minimum Gasteiger partial charge on any atom is -0.433 e.